The minimum atomic E-state index is -1.42. The first-order chi connectivity index (χ1) is 61.8. The number of fused-ring (bicyclic) bond motifs is 1. The molecule has 0 saturated carbocycles. The molecule has 0 fully saturated rings. The fourth-order valence-electron chi connectivity index (χ4n) is 14.6. The molecule has 0 radical (unpaired) electrons. The number of rotatable bonds is 66. The Morgan fingerprint density at radius 3 is 1.03 bits per heavy atom. The van der Waals surface area contributed by atoms with E-state index in [-0.39, 0.29) is 109 Å². The maximum atomic E-state index is 15.1. The number of benzene rings is 2. The van der Waals surface area contributed by atoms with Crippen LogP contribution in [0.4, 0.5) is 0 Å². The molecule has 3 aromatic rings. The molecule has 39 heteroatoms. The Hall–Kier alpha value is -10.7. The van der Waals surface area contributed by atoms with Crippen LogP contribution >= 0.6 is 0 Å². The minimum Gasteiger partial charge on any atom is -0.368 e. The Bertz CT molecular complexity index is 4060. The maximum Gasteiger partial charge on any atom is 0.243 e. The molecule has 39 nitrogen and oxygen atoms in total. The van der Waals surface area contributed by atoms with Crippen LogP contribution in [0.2, 0.25) is 0 Å². The average molecular weight is 1830 g/mol. The van der Waals surface area contributed by atoms with Crippen molar-refractivity contribution in [2.45, 2.75) is 315 Å². The van der Waals surface area contributed by atoms with Gasteiger partial charge in [0.2, 0.25) is 94.5 Å². The summed E-state index contributed by atoms with van der Waals surface area (Å²) in [4.78, 5) is 230. The van der Waals surface area contributed by atoms with Crippen LogP contribution < -0.4 is 120 Å². The number of aromatic amines is 1. The molecular weight excluding hydrogens is 1670 g/mol. The number of para-hydroxylation sites is 1. The van der Waals surface area contributed by atoms with Gasteiger partial charge in [-0.05, 0) is 221 Å². The van der Waals surface area contributed by atoms with Gasteiger partial charge in [-0.1, -0.05) is 124 Å². The number of aromatic nitrogens is 1. The largest absolute Gasteiger partial charge is 0.368 e. The van der Waals surface area contributed by atoms with E-state index in [9.17, 15) is 67.1 Å². The monoisotopic (exact) mass is 1830 g/mol. The summed E-state index contributed by atoms with van der Waals surface area (Å²) in [5.41, 5.74) is 43.0. The lowest BCUT2D eigenvalue weighted by Gasteiger charge is -2.29. The van der Waals surface area contributed by atoms with Gasteiger partial charge in [-0.2, -0.15) is 0 Å². The summed E-state index contributed by atoms with van der Waals surface area (Å²) >= 11 is 0. The van der Waals surface area contributed by atoms with Crippen molar-refractivity contribution in [3.63, 3.8) is 0 Å². The molecule has 3 rings (SSSR count). The van der Waals surface area contributed by atoms with Crippen molar-refractivity contribution in [3.8, 4) is 0 Å². The van der Waals surface area contributed by atoms with Crippen LogP contribution in [0.25, 0.3) is 10.9 Å². The van der Waals surface area contributed by atoms with Gasteiger partial charge in [0, 0.05) is 36.9 Å². The molecule has 0 aliphatic carbocycles. The van der Waals surface area contributed by atoms with Crippen LogP contribution in [-0.4, -0.2) is 230 Å². The summed E-state index contributed by atoms with van der Waals surface area (Å²) in [6, 6.07) is -1.55. The van der Waals surface area contributed by atoms with Gasteiger partial charge in [-0.3, -0.25) is 76.7 Å². The highest BCUT2D eigenvalue weighted by atomic mass is 16.2. The number of nitrogens with two attached hydrogens (primary N) is 7. The third-order valence-corrected chi connectivity index (χ3v) is 22.4. The van der Waals surface area contributed by atoms with Crippen LogP contribution in [0.3, 0.4) is 0 Å². The summed E-state index contributed by atoms with van der Waals surface area (Å²) in [6.07, 6.45) is 7.51. The molecule has 15 atom stereocenters. The van der Waals surface area contributed by atoms with E-state index in [1.165, 1.54) is 13.8 Å². The van der Waals surface area contributed by atoms with Gasteiger partial charge in [0.25, 0.3) is 0 Å². The molecule has 0 saturated heterocycles. The molecule has 0 spiro atoms. The summed E-state index contributed by atoms with van der Waals surface area (Å²) in [5.74, 6) is -13.7. The van der Waals surface area contributed by atoms with Crippen LogP contribution in [0, 0.1) is 29.6 Å². The second-order valence-electron chi connectivity index (χ2n) is 35.3. The predicted octanol–water partition coefficient (Wildman–Crippen LogP) is -0.394. The van der Waals surface area contributed by atoms with Crippen molar-refractivity contribution in [1.29, 1.82) is 0 Å². The van der Waals surface area contributed by atoms with Gasteiger partial charge in [0.15, 0.2) is 0 Å². The van der Waals surface area contributed by atoms with E-state index in [4.69, 9.17) is 40.1 Å². The minimum absolute atomic E-state index is 0.00184. The number of primary amides is 1. The van der Waals surface area contributed by atoms with Crippen molar-refractivity contribution in [2.75, 3.05) is 45.8 Å². The SMILES string of the molecule is CC[C@H](C)[C@H](NC(=O)[C@H](CCCCN)NC(=O)[C@H](CCCCN)NC(=O)[C@H](Cc1ccccc1)NC(=O)[C@H](CCCCN)NC(=O)[C@H](CCCCN)NC(=O)[C@H](Cc1c[nH]c2ccccc12)NC(=O)[C@H](CCCCN)NC(C)=O)C(=O)NCC(=O)N[C@@H](C)C(=O)N[C@H](C(=O)N[C@@H](CC(C)C)C(=O)N[C@@H](CCCCN)C(=O)N[C@H](C(=O)N[C@@H](CC(C)C)C(N)=O)C(C)C)C(C)C. The number of carbonyl (C=O) groups is 16. The molecule has 30 N–H and O–H groups in total. The molecule has 0 aliphatic heterocycles. The predicted molar refractivity (Wildman–Crippen MR) is 498 cm³/mol. The van der Waals surface area contributed by atoms with Crippen LogP contribution in [0.15, 0.2) is 60.8 Å². The number of carbonyl (C=O) groups excluding carboxylic acids is 16. The summed E-state index contributed by atoms with van der Waals surface area (Å²) in [5, 5.41) is 41.8. The average Bonchev–Trinajstić information content (AvgIpc) is 1.58. The molecule has 730 valence electrons. The Labute approximate surface area is 766 Å². The lowest BCUT2D eigenvalue weighted by atomic mass is 9.97. The first-order valence-corrected chi connectivity index (χ1v) is 46.4. The van der Waals surface area contributed by atoms with Gasteiger partial charge in [-0.15, -0.1) is 0 Å². The standard InChI is InChI=1S/C91H155N23O16/c1-13-57(10)77(89(128)100-52-74(116)101-58(11)79(118)112-75(55(6)7)91(130)111-71(48-54(4)5)86(125)107-68(39-23-29-45-96)84(123)113-76(56(8)9)90(129)108-70(78(98)117)47-53(2)3)114-85(124)69(40-24-30-46-97)104-82(121)65(36-20-26-42-93)105-87(126)72(49-60-31-15-14-16-32-60)109-83(122)67(38-22-28-44-95)103-81(120)66(37-21-27-43-94)106-88(127)73(50-61-51-99-63-34-18-17-33-62(61)63)110-80(119)64(102-59(12)115)35-19-25-41-92/h14-18,31-34,51,53-58,64-73,75-77,99H,13,19-30,35-50,52,92-97H2,1-12H3,(H2,98,117)(H,100,128)(H,101,116)(H,102,115)(H,103,120)(H,104,121)(H,105,126)(H,106,127)(H,107,125)(H,108,129)(H,109,122)(H,110,119)(H,111,130)(H,112,118)(H,113,123)(H,114,124)/t57-,58-,64-,65-,66-,67-,68-,69-,70-,71-,72-,73-,75-,76-,77-/m0/s1. The highest BCUT2D eigenvalue weighted by Gasteiger charge is 2.40. The molecule has 16 amide bonds. The highest BCUT2D eigenvalue weighted by molar-refractivity contribution is 6.01. The highest BCUT2D eigenvalue weighted by Crippen LogP contribution is 2.22. The van der Waals surface area contributed by atoms with E-state index in [1.54, 1.807) is 78.1 Å². The Morgan fingerprint density at radius 1 is 0.331 bits per heavy atom. The van der Waals surface area contributed by atoms with Crippen LogP contribution in [0.1, 0.15) is 229 Å². The van der Waals surface area contributed by atoms with E-state index >= 15 is 9.59 Å². The van der Waals surface area contributed by atoms with Gasteiger partial charge in [-0.25, -0.2) is 0 Å². The normalized spacial score (nSPS) is 14.9. The zero-order chi connectivity index (χ0) is 97.1. The molecule has 0 aliphatic rings. The van der Waals surface area contributed by atoms with Crippen LogP contribution in [-0.2, 0) is 89.6 Å². The second-order valence-corrected chi connectivity index (χ2v) is 35.3. The van der Waals surface area contributed by atoms with E-state index < -0.39 is 203 Å². The van der Waals surface area contributed by atoms with E-state index in [0.29, 0.717) is 101 Å². The summed E-state index contributed by atoms with van der Waals surface area (Å²) in [6.45, 7) is 21.0. The van der Waals surface area contributed by atoms with Crippen molar-refractivity contribution in [2.24, 2.45) is 69.7 Å². The smallest absolute Gasteiger partial charge is 0.243 e. The van der Waals surface area contributed by atoms with E-state index in [1.807, 2.05) is 52.0 Å². The Morgan fingerprint density at radius 2 is 0.654 bits per heavy atom. The van der Waals surface area contributed by atoms with Gasteiger partial charge < -0.3 is 125 Å². The first kappa shape index (κ1) is 113. The molecule has 0 unspecified atom stereocenters. The van der Waals surface area contributed by atoms with E-state index in [0.717, 1.165) is 10.9 Å². The zero-order valence-electron chi connectivity index (χ0n) is 78.5. The Balaban J connectivity index is 1.90. The molecular formula is C91H155N23O16. The quantitative estimate of drug-likeness (QED) is 0.0320. The van der Waals surface area contributed by atoms with Crippen molar-refractivity contribution >= 4 is 105 Å². The fourth-order valence-corrected chi connectivity index (χ4v) is 14.6. The summed E-state index contributed by atoms with van der Waals surface area (Å²) in [7, 11) is 0. The first-order valence-electron chi connectivity index (χ1n) is 46.4. The lowest BCUT2D eigenvalue weighted by molar-refractivity contribution is -0.136. The third kappa shape index (κ3) is 42.0. The van der Waals surface area contributed by atoms with Crippen molar-refractivity contribution < 1.29 is 76.7 Å². The molecule has 1 aromatic heterocycles. The maximum absolute atomic E-state index is 15.1. The summed E-state index contributed by atoms with van der Waals surface area (Å²) < 4.78 is 0. The topological polar surface area (TPSA) is 651 Å². The molecule has 130 heavy (non-hydrogen) atoms. The number of unbranched alkanes of at least 4 members (excludes halogenated alkanes) is 6. The van der Waals surface area contributed by atoms with Crippen molar-refractivity contribution in [1.82, 2.24) is 84.7 Å². The number of hydrogen-bond acceptors (Lipinski definition) is 22. The van der Waals surface area contributed by atoms with Gasteiger partial charge >= 0.3 is 0 Å². The van der Waals surface area contributed by atoms with Gasteiger partial charge in [0.05, 0.1) is 6.54 Å². The molecule has 1 heterocycles. The second kappa shape index (κ2) is 61.8. The van der Waals surface area contributed by atoms with Crippen LogP contribution in [0.5, 0.6) is 0 Å². The number of nitrogens with one attached hydrogen (secondary N) is 16. The number of H-pyrrole nitrogens is 1. The number of hydrogen-bond donors (Lipinski definition) is 23. The molecule has 2 aromatic carbocycles. The number of amides is 16. The Kier molecular flexibility index (Phi) is 53.9. The van der Waals surface area contributed by atoms with E-state index in [2.05, 4.69) is 84.7 Å². The van der Waals surface area contributed by atoms with Gasteiger partial charge in [0.1, 0.15) is 84.6 Å². The third-order valence-electron chi connectivity index (χ3n) is 22.4. The fraction of sp³-hybridized carbons (Fsp3) is 0.670. The molecule has 0 bridgehead atoms. The lowest BCUT2D eigenvalue weighted by Crippen LogP contribution is -2.61. The van der Waals surface area contributed by atoms with Crippen molar-refractivity contribution in [3.05, 3.63) is 71.9 Å². The zero-order valence-corrected chi connectivity index (χ0v) is 78.5.